The Labute approximate surface area is 87.5 Å². The molecule has 3 heteroatoms. The van der Waals surface area contributed by atoms with Crippen LogP contribution in [0.4, 0.5) is 0 Å². The fraction of sp³-hybridized carbons (Fsp3) is 0.400. The van der Waals surface area contributed by atoms with Gasteiger partial charge in [0.2, 0.25) is 0 Å². The first kappa shape index (κ1) is 11.2. The number of benzene rings is 1. The molecule has 1 rings (SSSR count). The topological polar surface area (TPSA) is 20.2 Å². The van der Waals surface area contributed by atoms with Gasteiger partial charge in [0.25, 0.3) is 0 Å². The molecule has 13 heavy (non-hydrogen) atoms. The van der Waals surface area contributed by atoms with E-state index in [4.69, 9.17) is 0 Å². The summed E-state index contributed by atoms with van der Waals surface area (Å²) in [6.45, 7) is 6.18. The summed E-state index contributed by atoms with van der Waals surface area (Å²) in [6, 6.07) is 9.85. The zero-order valence-corrected chi connectivity index (χ0v) is 10.8. The van der Waals surface area contributed by atoms with Crippen molar-refractivity contribution in [3.8, 4) is 0 Å². The van der Waals surface area contributed by atoms with E-state index < -0.39 is 5.74 Å². The quantitative estimate of drug-likeness (QED) is 0.606. The third kappa shape index (κ3) is 2.33. The van der Waals surface area contributed by atoms with E-state index in [0.717, 1.165) is 5.30 Å². The molecule has 1 nitrogen and oxygen atoms in total. The molecule has 0 aliphatic rings. The Morgan fingerprint density at radius 1 is 1.15 bits per heavy atom. The van der Waals surface area contributed by atoms with Gasteiger partial charge in [0.15, 0.2) is 0 Å². The molecule has 0 amide bonds. The van der Waals surface area contributed by atoms with Gasteiger partial charge in [-0.3, -0.25) is 0 Å². The van der Waals surface area contributed by atoms with Crippen LogP contribution in [-0.2, 0) is 0 Å². The van der Waals surface area contributed by atoms with Crippen LogP contribution < -0.4 is 5.30 Å². The molecule has 72 valence electrons. The Hall–Kier alpha value is 0.129. The number of hydrogen-bond acceptors (Lipinski definition) is 1. The van der Waals surface area contributed by atoms with Crippen LogP contribution in [0.5, 0.6) is 0 Å². The molecule has 0 saturated heterocycles. The Morgan fingerprint density at radius 2 is 1.62 bits per heavy atom. The van der Waals surface area contributed by atoms with Gasteiger partial charge in [-0.05, 0) is 0 Å². The van der Waals surface area contributed by atoms with Crippen molar-refractivity contribution in [1.82, 2.24) is 0 Å². The second-order valence-electron chi connectivity index (χ2n) is 4.08. The van der Waals surface area contributed by atoms with Gasteiger partial charge >= 0.3 is 87.3 Å². The summed E-state index contributed by atoms with van der Waals surface area (Å²) in [5.41, 5.74) is -2.10. The summed E-state index contributed by atoms with van der Waals surface area (Å²) < 4.78 is 0. The van der Waals surface area contributed by atoms with Crippen molar-refractivity contribution in [2.75, 3.05) is 0 Å². The summed E-state index contributed by atoms with van der Waals surface area (Å²) in [4.78, 5) is 10.4. The molecule has 1 aromatic rings. The van der Waals surface area contributed by atoms with Crippen molar-refractivity contribution in [3.63, 3.8) is 0 Å². The molecule has 0 aromatic heterocycles. The summed E-state index contributed by atoms with van der Waals surface area (Å²) in [5.74, 6) is 0. The molecular weight excluding hydrogens is 246 g/mol. The Morgan fingerprint density at radius 3 is 2.00 bits per heavy atom. The van der Waals surface area contributed by atoms with E-state index in [-0.39, 0.29) is 5.16 Å². The fourth-order valence-corrected chi connectivity index (χ4v) is 3.13. The summed E-state index contributed by atoms with van der Waals surface area (Å²) in [7, 11) is 0. The van der Waals surface area contributed by atoms with Crippen LogP contribution >= 0.6 is 5.74 Å². The van der Waals surface area contributed by atoms with Crippen LogP contribution in [0.2, 0.25) is 0 Å². The molecule has 0 aliphatic heterocycles. The van der Waals surface area contributed by atoms with Crippen molar-refractivity contribution < 1.29 is 4.89 Å². The summed E-state index contributed by atoms with van der Waals surface area (Å²) in [5, 5.41) is 0.941. The SMILES string of the molecule is CC(C)(C)[P@](O)(=[Se])c1ccccc1. The molecule has 0 radical (unpaired) electrons. The van der Waals surface area contributed by atoms with E-state index >= 15 is 0 Å². The first-order valence-electron chi connectivity index (χ1n) is 4.24. The van der Waals surface area contributed by atoms with Crippen molar-refractivity contribution in [2.45, 2.75) is 25.9 Å². The predicted octanol–water partition coefficient (Wildman–Crippen LogP) is 2.12. The maximum atomic E-state index is 10.4. The second-order valence-corrected chi connectivity index (χ2v) is 10.4. The van der Waals surface area contributed by atoms with E-state index in [2.05, 4.69) is 35.9 Å². The van der Waals surface area contributed by atoms with Gasteiger partial charge < -0.3 is 0 Å². The molecule has 0 bridgehead atoms. The second kappa shape index (κ2) is 3.71. The van der Waals surface area contributed by atoms with Gasteiger partial charge in [-0.1, -0.05) is 0 Å². The number of rotatable bonds is 1. The average Bonchev–Trinajstić information content (AvgIpc) is 2.04. The van der Waals surface area contributed by atoms with Gasteiger partial charge in [0.1, 0.15) is 0 Å². The normalized spacial score (nSPS) is 16.6. The molecule has 0 unspecified atom stereocenters. The molecular formula is C10H15OPSe. The van der Waals surface area contributed by atoms with E-state index in [9.17, 15) is 4.89 Å². The fourth-order valence-electron chi connectivity index (χ4n) is 1.02. The van der Waals surface area contributed by atoms with Crippen LogP contribution in [0, 0.1) is 0 Å². The summed E-state index contributed by atoms with van der Waals surface area (Å²) in [6.07, 6.45) is 0. The van der Waals surface area contributed by atoms with Crippen LogP contribution in [0.1, 0.15) is 20.8 Å². The van der Waals surface area contributed by atoms with E-state index in [0.29, 0.717) is 0 Å². The Kier molecular flexibility index (Phi) is 3.20. The first-order valence-corrected chi connectivity index (χ1v) is 8.20. The molecule has 0 saturated carbocycles. The average molecular weight is 261 g/mol. The van der Waals surface area contributed by atoms with E-state index in [1.165, 1.54) is 0 Å². The zero-order valence-electron chi connectivity index (χ0n) is 8.19. The van der Waals surface area contributed by atoms with E-state index in [1.54, 1.807) is 0 Å². The van der Waals surface area contributed by atoms with Gasteiger partial charge in [0.05, 0.1) is 0 Å². The third-order valence-corrected chi connectivity index (χ3v) is 9.61. The van der Waals surface area contributed by atoms with E-state index in [1.807, 2.05) is 30.3 Å². The molecule has 0 spiro atoms. The minimum atomic E-state index is -2.10. The predicted molar refractivity (Wildman–Crippen MR) is 60.7 cm³/mol. The molecule has 1 N–H and O–H groups in total. The first-order chi connectivity index (χ1) is 5.86. The molecule has 1 atom stereocenters. The standard InChI is InChI=1S/C10H15OPSe/c1-10(2,3)12(11,13)9-7-5-4-6-8-9/h4-8H,1-3H3,(H,11,13)/t12-/m1/s1. The van der Waals surface area contributed by atoms with Crippen LogP contribution in [0.15, 0.2) is 30.3 Å². The molecule has 1 aromatic carbocycles. The van der Waals surface area contributed by atoms with Crippen molar-refractivity contribution in [1.29, 1.82) is 0 Å². The maximum absolute atomic E-state index is 10.4. The van der Waals surface area contributed by atoms with Gasteiger partial charge in [-0.2, -0.15) is 0 Å². The van der Waals surface area contributed by atoms with Crippen LogP contribution in [0.25, 0.3) is 0 Å². The van der Waals surface area contributed by atoms with Crippen molar-refractivity contribution in [3.05, 3.63) is 30.3 Å². The molecule has 0 fully saturated rings. The van der Waals surface area contributed by atoms with Crippen LogP contribution in [0.3, 0.4) is 0 Å². The third-order valence-electron chi connectivity index (χ3n) is 2.02. The van der Waals surface area contributed by atoms with Gasteiger partial charge in [-0.25, -0.2) is 0 Å². The minimum absolute atomic E-state index is 0.0889. The van der Waals surface area contributed by atoms with Gasteiger partial charge in [-0.15, -0.1) is 0 Å². The molecule has 0 heterocycles. The van der Waals surface area contributed by atoms with Crippen molar-refractivity contribution in [2.24, 2.45) is 0 Å². The number of hydrogen-bond donors (Lipinski definition) is 1. The Bertz CT molecular complexity index is 327. The summed E-state index contributed by atoms with van der Waals surface area (Å²) >= 11 is 2.98. The Balaban J connectivity index is 3.17. The van der Waals surface area contributed by atoms with Crippen molar-refractivity contribution >= 4 is 26.1 Å². The molecule has 0 aliphatic carbocycles. The monoisotopic (exact) mass is 262 g/mol. The van der Waals surface area contributed by atoms with Gasteiger partial charge in [0, 0.05) is 0 Å². The zero-order chi connectivity index (χ0) is 10.1. The van der Waals surface area contributed by atoms with Crippen LogP contribution in [-0.4, -0.2) is 25.1 Å².